The maximum atomic E-state index is 13.3. The molecule has 114 valence electrons. The lowest BCUT2D eigenvalue weighted by atomic mass is 9.97. The van der Waals surface area contributed by atoms with Gasteiger partial charge in [0.05, 0.1) is 11.7 Å². The van der Waals surface area contributed by atoms with E-state index in [0.717, 1.165) is 15.9 Å². The molecule has 0 radical (unpaired) electrons. The van der Waals surface area contributed by atoms with E-state index in [2.05, 4.69) is 31.4 Å². The summed E-state index contributed by atoms with van der Waals surface area (Å²) in [7, 11) is 1.75. The van der Waals surface area contributed by atoms with Gasteiger partial charge in [-0.25, -0.2) is 4.68 Å². The van der Waals surface area contributed by atoms with Crippen molar-refractivity contribution in [2.75, 3.05) is 5.32 Å². The molecule has 2 atom stereocenters. The minimum absolute atomic E-state index is 0.114. The van der Waals surface area contributed by atoms with Crippen LogP contribution >= 0.6 is 15.9 Å². The Balaban J connectivity index is 2.03. The largest absolute Gasteiger partial charge is 0.410 e. The highest BCUT2D eigenvalue weighted by atomic mass is 79.9. The molecular weight excluding hydrogens is 351 g/mol. The second kappa shape index (κ2) is 4.75. The van der Waals surface area contributed by atoms with Crippen molar-refractivity contribution >= 4 is 21.7 Å². The zero-order chi connectivity index (χ0) is 15.4. The standard InChI is InChI=1S/C12H13BrF3N5/c1-6-7(5-20(2)18-6)8-3-9(12(14,15)16)21-11(17-8)4-10(13)19-21/h4-5,8-9,17H,3H2,1-2H3/t8-,9+/m0/s1. The SMILES string of the molecule is Cc1nn(C)cc1[C@@H]1C[C@H](C(F)(F)F)n2nc(Br)cc2N1. The molecule has 0 fully saturated rings. The normalized spacial score (nSPS) is 22.0. The van der Waals surface area contributed by atoms with Crippen LogP contribution in [0.1, 0.15) is 29.8 Å². The third kappa shape index (κ3) is 2.54. The summed E-state index contributed by atoms with van der Waals surface area (Å²) in [5.74, 6) is 0.351. The van der Waals surface area contributed by atoms with Gasteiger partial charge < -0.3 is 5.32 Å². The summed E-state index contributed by atoms with van der Waals surface area (Å²) in [5.41, 5.74) is 1.50. The van der Waals surface area contributed by atoms with E-state index in [1.165, 1.54) is 0 Å². The lowest BCUT2D eigenvalue weighted by Crippen LogP contribution is -2.35. The lowest BCUT2D eigenvalue weighted by Gasteiger charge is -2.33. The molecule has 9 heteroatoms. The van der Waals surface area contributed by atoms with Gasteiger partial charge in [0.15, 0.2) is 6.04 Å². The van der Waals surface area contributed by atoms with E-state index in [-0.39, 0.29) is 6.42 Å². The van der Waals surface area contributed by atoms with Crippen molar-refractivity contribution in [3.05, 3.63) is 28.1 Å². The Bertz CT molecular complexity index is 675. The Labute approximate surface area is 127 Å². The Morgan fingerprint density at radius 3 is 2.67 bits per heavy atom. The first-order valence-corrected chi connectivity index (χ1v) is 7.13. The fourth-order valence-corrected chi connectivity index (χ4v) is 3.10. The van der Waals surface area contributed by atoms with Crippen molar-refractivity contribution in [1.82, 2.24) is 19.6 Å². The first-order valence-electron chi connectivity index (χ1n) is 6.34. The summed E-state index contributed by atoms with van der Waals surface area (Å²) in [4.78, 5) is 0. The summed E-state index contributed by atoms with van der Waals surface area (Å²) < 4.78 is 42.9. The molecule has 0 saturated carbocycles. The number of halogens is 4. The highest BCUT2D eigenvalue weighted by Crippen LogP contribution is 2.44. The van der Waals surface area contributed by atoms with Gasteiger partial charge in [-0.3, -0.25) is 4.68 Å². The van der Waals surface area contributed by atoms with Gasteiger partial charge in [-0.2, -0.15) is 23.4 Å². The molecule has 0 spiro atoms. The second-order valence-electron chi connectivity index (χ2n) is 5.13. The van der Waals surface area contributed by atoms with E-state index in [9.17, 15) is 13.2 Å². The van der Waals surface area contributed by atoms with E-state index in [0.29, 0.717) is 10.4 Å². The van der Waals surface area contributed by atoms with Crippen LogP contribution in [0.4, 0.5) is 19.0 Å². The Morgan fingerprint density at radius 1 is 1.38 bits per heavy atom. The third-order valence-electron chi connectivity index (χ3n) is 3.59. The molecule has 0 bridgehead atoms. The highest BCUT2D eigenvalue weighted by Gasteiger charge is 2.46. The zero-order valence-corrected chi connectivity index (χ0v) is 12.9. The molecule has 0 saturated heterocycles. The van der Waals surface area contributed by atoms with Crippen molar-refractivity contribution in [3.63, 3.8) is 0 Å². The maximum Gasteiger partial charge on any atom is 0.410 e. The fraction of sp³-hybridized carbons (Fsp3) is 0.500. The molecule has 0 aromatic carbocycles. The van der Waals surface area contributed by atoms with Crippen LogP contribution in [0.3, 0.4) is 0 Å². The van der Waals surface area contributed by atoms with Crippen LogP contribution in [0.25, 0.3) is 0 Å². The van der Waals surface area contributed by atoms with Gasteiger partial charge in [-0.15, -0.1) is 0 Å². The van der Waals surface area contributed by atoms with Crippen LogP contribution in [-0.2, 0) is 7.05 Å². The topological polar surface area (TPSA) is 47.7 Å². The van der Waals surface area contributed by atoms with Crippen molar-refractivity contribution < 1.29 is 13.2 Å². The molecule has 2 aromatic rings. The van der Waals surface area contributed by atoms with Crippen molar-refractivity contribution in [2.45, 2.75) is 31.6 Å². The summed E-state index contributed by atoms with van der Waals surface area (Å²) in [6, 6.07) is -0.539. The molecule has 21 heavy (non-hydrogen) atoms. The number of alkyl halides is 3. The van der Waals surface area contributed by atoms with Crippen LogP contribution < -0.4 is 5.32 Å². The third-order valence-corrected chi connectivity index (χ3v) is 3.97. The predicted octanol–water partition coefficient (Wildman–Crippen LogP) is 3.35. The van der Waals surface area contributed by atoms with E-state index < -0.39 is 18.3 Å². The predicted molar refractivity (Wildman–Crippen MR) is 73.9 cm³/mol. The van der Waals surface area contributed by atoms with Crippen LogP contribution in [0.5, 0.6) is 0 Å². The molecule has 0 unspecified atom stereocenters. The molecule has 0 amide bonds. The molecule has 5 nitrogen and oxygen atoms in total. The number of hydrogen-bond acceptors (Lipinski definition) is 3. The number of nitrogens with zero attached hydrogens (tertiary/aromatic N) is 4. The summed E-state index contributed by atoms with van der Waals surface area (Å²) in [6.45, 7) is 1.79. The number of aromatic nitrogens is 4. The number of nitrogens with one attached hydrogen (secondary N) is 1. The van der Waals surface area contributed by atoms with Crippen molar-refractivity contribution in [1.29, 1.82) is 0 Å². The highest BCUT2D eigenvalue weighted by molar-refractivity contribution is 9.10. The van der Waals surface area contributed by atoms with Crippen molar-refractivity contribution in [3.8, 4) is 0 Å². The average Bonchev–Trinajstić information content (AvgIpc) is 2.87. The molecule has 1 aliphatic rings. The van der Waals surface area contributed by atoms with Gasteiger partial charge in [0, 0.05) is 31.3 Å². The molecule has 1 aliphatic heterocycles. The lowest BCUT2D eigenvalue weighted by molar-refractivity contribution is -0.173. The van der Waals surface area contributed by atoms with Crippen molar-refractivity contribution in [2.24, 2.45) is 7.05 Å². The number of aryl methyl sites for hydroxylation is 2. The van der Waals surface area contributed by atoms with Gasteiger partial charge >= 0.3 is 6.18 Å². The van der Waals surface area contributed by atoms with Crippen LogP contribution in [0.15, 0.2) is 16.9 Å². The quantitative estimate of drug-likeness (QED) is 0.845. The van der Waals surface area contributed by atoms with Gasteiger partial charge in [0.25, 0.3) is 0 Å². The first kappa shape index (κ1) is 14.4. The molecule has 3 heterocycles. The monoisotopic (exact) mass is 363 g/mol. The van der Waals surface area contributed by atoms with Crippen LogP contribution in [0.2, 0.25) is 0 Å². The molecular formula is C12H13BrF3N5. The van der Waals surface area contributed by atoms with Gasteiger partial charge in [-0.05, 0) is 22.9 Å². The Hall–Kier alpha value is -1.51. The molecule has 2 aromatic heterocycles. The average molecular weight is 364 g/mol. The summed E-state index contributed by atoms with van der Waals surface area (Å²) >= 11 is 3.13. The number of rotatable bonds is 1. The van der Waals surface area contributed by atoms with E-state index >= 15 is 0 Å². The summed E-state index contributed by atoms with van der Waals surface area (Å²) in [5, 5.41) is 11.2. The van der Waals surface area contributed by atoms with E-state index in [1.807, 2.05) is 0 Å². The minimum Gasteiger partial charge on any atom is -0.363 e. The number of hydrogen-bond donors (Lipinski definition) is 1. The maximum absolute atomic E-state index is 13.3. The smallest absolute Gasteiger partial charge is 0.363 e. The molecule has 1 N–H and O–H groups in total. The van der Waals surface area contributed by atoms with Gasteiger partial charge in [0.2, 0.25) is 0 Å². The van der Waals surface area contributed by atoms with E-state index in [4.69, 9.17) is 0 Å². The van der Waals surface area contributed by atoms with Crippen LogP contribution in [-0.4, -0.2) is 25.7 Å². The second-order valence-corrected chi connectivity index (χ2v) is 5.94. The Kier molecular flexibility index (Phi) is 3.27. The summed E-state index contributed by atoms with van der Waals surface area (Å²) in [6.07, 6.45) is -2.71. The zero-order valence-electron chi connectivity index (χ0n) is 11.3. The number of fused-ring (bicyclic) bond motifs is 1. The Morgan fingerprint density at radius 2 is 2.10 bits per heavy atom. The fourth-order valence-electron chi connectivity index (χ4n) is 2.71. The first-order chi connectivity index (χ1) is 9.75. The molecule has 3 rings (SSSR count). The van der Waals surface area contributed by atoms with Crippen LogP contribution in [0, 0.1) is 6.92 Å². The van der Waals surface area contributed by atoms with E-state index in [1.54, 1.807) is 30.9 Å². The van der Waals surface area contributed by atoms with Gasteiger partial charge in [-0.1, -0.05) is 0 Å². The minimum atomic E-state index is -4.35. The number of anilines is 1. The van der Waals surface area contributed by atoms with Gasteiger partial charge in [0.1, 0.15) is 10.4 Å². The molecule has 0 aliphatic carbocycles.